The lowest BCUT2D eigenvalue weighted by molar-refractivity contribution is -0.0979. The van der Waals surface area contributed by atoms with Crippen LogP contribution >= 0.6 is 15.9 Å². The fraction of sp³-hybridized carbons (Fsp3) is 0.588. The molecule has 3 heteroatoms. The van der Waals surface area contributed by atoms with Gasteiger partial charge in [-0.25, -0.2) is 0 Å². The van der Waals surface area contributed by atoms with Crippen LogP contribution in [0.15, 0.2) is 28.7 Å². The molecule has 2 rings (SSSR count). The number of halogens is 1. The summed E-state index contributed by atoms with van der Waals surface area (Å²) in [5.74, 6) is 0. The Morgan fingerprint density at radius 1 is 1.30 bits per heavy atom. The van der Waals surface area contributed by atoms with E-state index in [9.17, 15) is 0 Å². The standard InChI is InChI=1S/C9H19N.C7H7Br.CH2O/c1-3-4-8-10-9(2)6-5-7-9;1-6-4-2-3-5-7(6)8;1-2/h10H,3-8H2,1-2H3;2-5H,1H3;1H2. The highest BCUT2D eigenvalue weighted by Gasteiger charge is 2.30. The number of hydrogen-bond acceptors (Lipinski definition) is 2. The molecule has 0 spiro atoms. The van der Waals surface area contributed by atoms with Crippen LogP contribution in [0.2, 0.25) is 0 Å². The van der Waals surface area contributed by atoms with E-state index in [4.69, 9.17) is 4.79 Å². The van der Waals surface area contributed by atoms with Crippen LogP contribution in [0.5, 0.6) is 0 Å². The number of unbranched alkanes of at least 4 members (excludes halogenated alkanes) is 1. The summed E-state index contributed by atoms with van der Waals surface area (Å²) in [7, 11) is 0. The first kappa shape index (κ1) is 19.3. The van der Waals surface area contributed by atoms with Crippen molar-refractivity contribution >= 4 is 22.7 Å². The van der Waals surface area contributed by atoms with Crippen LogP contribution in [-0.4, -0.2) is 18.9 Å². The Bertz CT molecular complexity index is 343. The van der Waals surface area contributed by atoms with E-state index in [0.29, 0.717) is 5.54 Å². The number of carbonyl (C=O) groups is 1. The summed E-state index contributed by atoms with van der Waals surface area (Å²) in [5.41, 5.74) is 1.81. The molecule has 0 unspecified atom stereocenters. The molecule has 0 aromatic heterocycles. The number of hydrogen-bond donors (Lipinski definition) is 1. The van der Waals surface area contributed by atoms with Gasteiger partial charge in [-0.3, -0.25) is 0 Å². The predicted octanol–water partition coefficient (Wildman–Crippen LogP) is 4.89. The Balaban J connectivity index is 0.000000327. The normalized spacial score (nSPS) is 15.0. The molecule has 0 bridgehead atoms. The molecule has 1 aliphatic carbocycles. The SMILES string of the molecule is C=O.CCCCNC1(C)CCC1.Cc1ccccc1Br. The average Bonchev–Trinajstić information content (AvgIpc) is 2.44. The van der Waals surface area contributed by atoms with E-state index in [2.05, 4.69) is 48.1 Å². The molecule has 1 fully saturated rings. The lowest BCUT2D eigenvalue weighted by Gasteiger charge is -2.39. The van der Waals surface area contributed by atoms with Crippen molar-refractivity contribution in [1.29, 1.82) is 0 Å². The molecule has 0 aliphatic heterocycles. The van der Waals surface area contributed by atoms with Crippen LogP contribution in [0.4, 0.5) is 0 Å². The maximum absolute atomic E-state index is 8.00. The third-order valence-corrected chi connectivity index (χ3v) is 4.51. The smallest absolute Gasteiger partial charge is 0.106 e. The minimum Gasteiger partial charge on any atom is -0.312 e. The molecular formula is C17H28BrNO. The Labute approximate surface area is 132 Å². The Kier molecular flexibility index (Phi) is 10.7. The minimum absolute atomic E-state index is 0.523. The predicted molar refractivity (Wildman–Crippen MR) is 91.2 cm³/mol. The van der Waals surface area contributed by atoms with Crippen LogP contribution in [-0.2, 0) is 4.79 Å². The van der Waals surface area contributed by atoms with Crippen molar-refractivity contribution in [2.24, 2.45) is 0 Å². The van der Waals surface area contributed by atoms with Crippen molar-refractivity contribution < 1.29 is 4.79 Å². The molecule has 1 aromatic rings. The van der Waals surface area contributed by atoms with Crippen molar-refractivity contribution in [3.8, 4) is 0 Å². The van der Waals surface area contributed by atoms with Gasteiger partial charge in [0.05, 0.1) is 0 Å². The van der Waals surface area contributed by atoms with Crippen LogP contribution in [0.25, 0.3) is 0 Å². The third kappa shape index (κ3) is 7.81. The molecule has 1 N–H and O–H groups in total. The summed E-state index contributed by atoms with van der Waals surface area (Å²) in [6, 6.07) is 8.15. The van der Waals surface area contributed by atoms with Gasteiger partial charge in [0.2, 0.25) is 0 Å². The Morgan fingerprint density at radius 2 is 1.90 bits per heavy atom. The van der Waals surface area contributed by atoms with Gasteiger partial charge in [0.1, 0.15) is 6.79 Å². The number of aryl methyl sites for hydroxylation is 1. The molecule has 0 heterocycles. The van der Waals surface area contributed by atoms with Gasteiger partial charge in [0, 0.05) is 10.0 Å². The third-order valence-electron chi connectivity index (χ3n) is 3.62. The van der Waals surface area contributed by atoms with Gasteiger partial charge in [-0.1, -0.05) is 47.5 Å². The van der Waals surface area contributed by atoms with E-state index in [1.807, 2.05) is 25.0 Å². The monoisotopic (exact) mass is 341 g/mol. The van der Waals surface area contributed by atoms with E-state index in [-0.39, 0.29) is 0 Å². The summed E-state index contributed by atoms with van der Waals surface area (Å²) < 4.78 is 1.18. The average molecular weight is 342 g/mol. The zero-order valence-electron chi connectivity index (χ0n) is 13.0. The first-order chi connectivity index (χ1) is 9.57. The van der Waals surface area contributed by atoms with Gasteiger partial charge < -0.3 is 10.1 Å². The van der Waals surface area contributed by atoms with Crippen LogP contribution < -0.4 is 5.32 Å². The quantitative estimate of drug-likeness (QED) is 0.789. The maximum Gasteiger partial charge on any atom is 0.106 e. The van der Waals surface area contributed by atoms with E-state index in [0.717, 1.165) is 0 Å². The van der Waals surface area contributed by atoms with Crippen LogP contribution in [0.1, 0.15) is 51.5 Å². The van der Waals surface area contributed by atoms with Gasteiger partial charge in [-0.15, -0.1) is 0 Å². The molecule has 2 nitrogen and oxygen atoms in total. The zero-order chi connectivity index (χ0) is 15.4. The van der Waals surface area contributed by atoms with E-state index < -0.39 is 0 Å². The Hall–Kier alpha value is -0.670. The second-order valence-corrected chi connectivity index (χ2v) is 6.30. The molecular weight excluding hydrogens is 314 g/mol. The second kappa shape index (κ2) is 11.0. The molecule has 114 valence electrons. The van der Waals surface area contributed by atoms with Crippen LogP contribution in [0.3, 0.4) is 0 Å². The maximum atomic E-state index is 8.00. The highest BCUT2D eigenvalue weighted by atomic mass is 79.9. The summed E-state index contributed by atoms with van der Waals surface area (Å²) in [5, 5.41) is 3.60. The molecule has 1 saturated carbocycles. The van der Waals surface area contributed by atoms with Gasteiger partial charge in [0.15, 0.2) is 0 Å². The summed E-state index contributed by atoms with van der Waals surface area (Å²) in [4.78, 5) is 8.00. The largest absolute Gasteiger partial charge is 0.312 e. The fourth-order valence-electron chi connectivity index (χ4n) is 2.00. The van der Waals surface area contributed by atoms with Crippen molar-refractivity contribution in [3.63, 3.8) is 0 Å². The van der Waals surface area contributed by atoms with E-state index >= 15 is 0 Å². The topological polar surface area (TPSA) is 29.1 Å². The number of benzene rings is 1. The summed E-state index contributed by atoms with van der Waals surface area (Å²) >= 11 is 3.40. The van der Waals surface area contributed by atoms with Crippen molar-refractivity contribution in [3.05, 3.63) is 34.3 Å². The van der Waals surface area contributed by atoms with Crippen molar-refractivity contribution in [2.75, 3.05) is 6.54 Å². The molecule has 0 radical (unpaired) electrons. The Morgan fingerprint density at radius 3 is 2.25 bits per heavy atom. The van der Waals surface area contributed by atoms with Gasteiger partial charge in [-0.05, 0) is 57.7 Å². The van der Waals surface area contributed by atoms with Crippen molar-refractivity contribution in [1.82, 2.24) is 5.32 Å². The molecule has 0 saturated heterocycles. The van der Waals surface area contributed by atoms with Crippen LogP contribution in [0, 0.1) is 6.92 Å². The van der Waals surface area contributed by atoms with E-state index in [1.165, 1.54) is 48.7 Å². The van der Waals surface area contributed by atoms with Crippen molar-refractivity contribution in [2.45, 2.75) is 58.4 Å². The molecule has 0 atom stereocenters. The van der Waals surface area contributed by atoms with Gasteiger partial charge in [-0.2, -0.15) is 0 Å². The number of nitrogens with one attached hydrogen (secondary N) is 1. The minimum atomic E-state index is 0.523. The lowest BCUT2D eigenvalue weighted by atomic mass is 9.78. The molecule has 0 amide bonds. The first-order valence-corrected chi connectivity index (χ1v) is 8.12. The fourth-order valence-corrected chi connectivity index (χ4v) is 2.29. The number of rotatable bonds is 4. The summed E-state index contributed by atoms with van der Waals surface area (Å²) in [6.45, 7) is 9.87. The van der Waals surface area contributed by atoms with Gasteiger partial charge in [0.25, 0.3) is 0 Å². The lowest BCUT2D eigenvalue weighted by Crippen LogP contribution is -2.48. The highest BCUT2D eigenvalue weighted by Crippen LogP contribution is 2.30. The number of carbonyl (C=O) groups excluding carboxylic acids is 1. The van der Waals surface area contributed by atoms with Gasteiger partial charge >= 0.3 is 0 Å². The second-order valence-electron chi connectivity index (χ2n) is 5.44. The summed E-state index contributed by atoms with van der Waals surface area (Å²) in [6.07, 6.45) is 6.84. The molecule has 1 aliphatic rings. The zero-order valence-corrected chi connectivity index (χ0v) is 14.6. The first-order valence-electron chi connectivity index (χ1n) is 7.32. The van der Waals surface area contributed by atoms with E-state index in [1.54, 1.807) is 0 Å². The molecule has 1 aromatic carbocycles. The molecule has 20 heavy (non-hydrogen) atoms. The highest BCUT2D eigenvalue weighted by molar-refractivity contribution is 9.10.